The molecule has 0 fully saturated rings. The van der Waals surface area contributed by atoms with Gasteiger partial charge in [0.1, 0.15) is 18.0 Å². The van der Waals surface area contributed by atoms with Gasteiger partial charge in [-0.05, 0) is 17.9 Å². The number of nitrogens with one attached hydrogen (secondary N) is 2. The van der Waals surface area contributed by atoms with Crippen molar-refractivity contribution in [2.45, 2.75) is 38.8 Å². The molecular weight excluding hydrogens is 332 g/mol. The summed E-state index contributed by atoms with van der Waals surface area (Å²) < 4.78 is 0. The van der Waals surface area contributed by atoms with Crippen LogP contribution in [0, 0.1) is 5.92 Å². The first-order valence-electron chi connectivity index (χ1n) is 7.76. The molecule has 1 aromatic carbocycles. The van der Waals surface area contributed by atoms with Gasteiger partial charge in [0.2, 0.25) is 11.8 Å². The minimum Gasteiger partial charge on any atom is -0.480 e. The number of carbonyl (C=O) groups excluding carboxylic acids is 2. The molecule has 2 amide bonds. The SMILES string of the molecule is CC(C)C[C@H](NC(=O)[C@H](Cc1ccccc1)NC(=O)CCl)C(=O)O. The summed E-state index contributed by atoms with van der Waals surface area (Å²) in [5, 5.41) is 14.3. The van der Waals surface area contributed by atoms with Crippen molar-refractivity contribution in [1.82, 2.24) is 10.6 Å². The Morgan fingerprint density at radius 2 is 1.71 bits per heavy atom. The molecule has 0 radical (unpaired) electrons. The second-order valence-electron chi connectivity index (χ2n) is 5.97. The Morgan fingerprint density at radius 1 is 1.08 bits per heavy atom. The van der Waals surface area contributed by atoms with Crippen LogP contribution >= 0.6 is 11.6 Å². The van der Waals surface area contributed by atoms with Gasteiger partial charge in [-0.25, -0.2) is 4.79 Å². The summed E-state index contributed by atoms with van der Waals surface area (Å²) in [6, 6.07) is 7.28. The third kappa shape index (κ3) is 7.00. The Labute approximate surface area is 146 Å². The van der Waals surface area contributed by atoms with Crippen LogP contribution in [0.15, 0.2) is 30.3 Å². The largest absolute Gasteiger partial charge is 0.480 e. The molecule has 0 bridgehead atoms. The van der Waals surface area contributed by atoms with Gasteiger partial charge in [0, 0.05) is 6.42 Å². The van der Waals surface area contributed by atoms with E-state index < -0.39 is 29.9 Å². The summed E-state index contributed by atoms with van der Waals surface area (Å²) in [6.45, 7) is 3.75. The van der Waals surface area contributed by atoms with Gasteiger partial charge in [-0.1, -0.05) is 44.2 Å². The highest BCUT2D eigenvalue weighted by atomic mass is 35.5. The molecule has 1 aromatic rings. The molecule has 2 atom stereocenters. The summed E-state index contributed by atoms with van der Waals surface area (Å²) >= 11 is 5.49. The molecule has 0 saturated carbocycles. The van der Waals surface area contributed by atoms with E-state index in [4.69, 9.17) is 11.6 Å². The van der Waals surface area contributed by atoms with E-state index in [2.05, 4.69) is 10.6 Å². The number of alkyl halides is 1. The van der Waals surface area contributed by atoms with E-state index in [1.54, 1.807) is 0 Å². The van der Waals surface area contributed by atoms with Crippen LogP contribution in [0.5, 0.6) is 0 Å². The lowest BCUT2D eigenvalue weighted by molar-refractivity contribution is -0.142. The molecule has 0 heterocycles. The number of carboxylic acids is 1. The Bertz CT molecular complexity index is 563. The van der Waals surface area contributed by atoms with Crippen LogP contribution in [0.1, 0.15) is 25.8 Å². The number of hydrogen-bond acceptors (Lipinski definition) is 3. The second-order valence-corrected chi connectivity index (χ2v) is 6.24. The Kier molecular flexibility index (Phi) is 8.26. The fraction of sp³-hybridized carbons (Fsp3) is 0.471. The number of carboxylic acid groups (broad SMARTS) is 1. The number of aliphatic carboxylic acids is 1. The number of benzene rings is 1. The smallest absolute Gasteiger partial charge is 0.326 e. The maximum absolute atomic E-state index is 12.5. The first-order valence-corrected chi connectivity index (χ1v) is 8.29. The zero-order valence-corrected chi connectivity index (χ0v) is 14.5. The number of carbonyl (C=O) groups is 3. The van der Waals surface area contributed by atoms with E-state index in [0.29, 0.717) is 6.42 Å². The van der Waals surface area contributed by atoms with Crippen LogP contribution in [0.2, 0.25) is 0 Å². The third-order valence-electron chi connectivity index (χ3n) is 3.38. The van der Waals surface area contributed by atoms with E-state index in [1.165, 1.54) is 0 Å². The Balaban J connectivity index is 2.85. The van der Waals surface area contributed by atoms with Gasteiger partial charge in [0.25, 0.3) is 0 Å². The second kappa shape index (κ2) is 9.93. The standard InChI is InChI=1S/C17H23ClN2O4/c1-11(2)8-14(17(23)24)20-16(22)13(19-15(21)10-18)9-12-6-4-3-5-7-12/h3-7,11,13-14H,8-10H2,1-2H3,(H,19,21)(H,20,22)(H,23,24)/t13-,14-/m0/s1. The van der Waals surface area contributed by atoms with Gasteiger partial charge >= 0.3 is 5.97 Å². The van der Waals surface area contributed by atoms with E-state index >= 15 is 0 Å². The molecule has 132 valence electrons. The number of halogens is 1. The highest BCUT2D eigenvalue weighted by Crippen LogP contribution is 2.08. The van der Waals surface area contributed by atoms with E-state index in [0.717, 1.165) is 5.56 Å². The average Bonchev–Trinajstić information content (AvgIpc) is 2.53. The van der Waals surface area contributed by atoms with Crippen molar-refractivity contribution in [1.29, 1.82) is 0 Å². The predicted octanol–water partition coefficient (Wildman–Crippen LogP) is 1.57. The molecule has 0 aliphatic rings. The summed E-state index contributed by atoms with van der Waals surface area (Å²) in [6.07, 6.45) is 0.561. The van der Waals surface area contributed by atoms with Crippen molar-refractivity contribution in [2.75, 3.05) is 5.88 Å². The average molecular weight is 355 g/mol. The lowest BCUT2D eigenvalue weighted by Crippen LogP contribution is -2.53. The van der Waals surface area contributed by atoms with Crippen molar-refractivity contribution in [2.24, 2.45) is 5.92 Å². The first-order chi connectivity index (χ1) is 11.3. The topological polar surface area (TPSA) is 95.5 Å². The zero-order valence-electron chi connectivity index (χ0n) is 13.8. The molecule has 24 heavy (non-hydrogen) atoms. The summed E-state index contributed by atoms with van der Waals surface area (Å²) in [7, 11) is 0. The monoisotopic (exact) mass is 354 g/mol. The normalized spacial score (nSPS) is 13.2. The van der Waals surface area contributed by atoms with Crippen molar-refractivity contribution < 1.29 is 19.5 Å². The van der Waals surface area contributed by atoms with Crippen LogP contribution in [0.4, 0.5) is 0 Å². The molecule has 7 heteroatoms. The maximum atomic E-state index is 12.5. The van der Waals surface area contributed by atoms with Gasteiger partial charge in [0.05, 0.1) is 0 Å². The fourth-order valence-electron chi connectivity index (χ4n) is 2.26. The predicted molar refractivity (Wildman–Crippen MR) is 91.8 cm³/mol. The molecule has 1 rings (SSSR count). The summed E-state index contributed by atoms with van der Waals surface area (Å²) in [5.41, 5.74) is 0.850. The minimum absolute atomic E-state index is 0.108. The number of amides is 2. The van der Waals surface area contributed by atoms with Gasteiger partial charge in [0.15, 0.2) is 0 Å². The van der Waals surface area contributed by atoms with Crippen LogP contribution in [0.25, 0.3) is 0 Å². The fourth-order valence-corrected chi connectivity index (χ4v) is 2.33. The molecule has 0 spiro atoms. The lowest BCUT2D eigenvalue weighted by Gasteiger charge is -2.22. The maximum Gasteiger partial charge on any atom is 0.326 e. The Morgan fingerprint density at radius 3 is 2.21 bits per heavy atom. The van der Waals surface area contributed by atoms with Crippen LogP contribution in [0.3, 0.4) is 0 Å². The first kappa shape index (κ1) is 20.0. The number of hydrogen-bond donors (Lipinski definition) is 3. The third-order valence-corrected chi connectivity index (χ3v) is 3.62. The van der Waals surface area contributed by atoms with Gasteiger partial charge in [-0.2, -0.15) is 0 Å². The molecule has 0 aliphatic heterocycles. The van der Waals surface area contributed by atoms with Gasteiger partial charge in [-0.3, -0.25) is 9.59 Å². The van der Waals surface area contributed by atoms with Crippen molar-refractivity contribution in [3.8, 4) is 0 Å². The molecule has 6 nitrogen and oxygen atoms in total. The van der Waals surface area contributed by atoms with Crippen molar-refractivity contribution >= 4 is 29.4 Å². The molecule has 0 unspecified atom stereocenters. The van der Waals surface area contributed by atoms with Crippen molar-refractivity contribution in [3.05, 3.63) is 35.9 Å². The zero-order chi connectivity index (χ0) is 18.1. The Hall–Kier alpha value is -2.08. The van der Waals surface area contributed by atoms with Crippen LogP contribution in [-0.2, 0) is 20.8 Å². The van der Waals surface area contributed by atoms with E-state index in [-0.39, 0.29) is 18.2 Å². The molecule has 0 aromatic heterocycles. The molecular formula is C17H23ClN2O4. The van der Waals surface area contributed by atoms with Crippen LogP contribution < -0.4 is 10.6 Å². The lowest BCUT2D eigenvalue weighted by atomic mass is 10.0. The van der Waals surface area contributed by atoms with Gasteiger partial charge in [-0.15, -0.1) is 11.6 Å². The highest BCUT2D eigenvalue weighted by Gasteiger charge is 2.27. The quantitative estimate of drug-likeness (QED) is 0.586. The minimum atomic E-state index is -1.10. The molecule has 0 aliphatic carbocycles. The highest BCUT2D eigenvalue weighted by molar-refractivity contribution is 6.27. The van der Waals surface area contributed by atoms with Gasteiger partial charge < -0.3 is 15.7 Å². The number of rotatable bonds is 9. The van der Waals surface area contributed by atoms with E-state index in [9.17, 15) is 19.5 Å². The van der Waals surface area contributed by atoms with Crippen molar-refractivity contribution in [3.63, 3.8) is 0 Å². The summed E-state index contributed by atoms with van der Waals surface area (Å²) in [5.74, 6) is -2.28. The van der Waals surface area contributed by atoms with Crippen LogP contribution in [-0.4, -0.2) is 40.9 Å². The summed E-state index contributed by atoms with van der Waals surface area (Å²) in [4.78, 5) is 35.3. The molecule has 0 saturated heterocycles. The van der Waals surface area contributed by atoms with E-state index in [1.807, 2.05) is 44.2 Å². The molecule has 3 N–H and O–H groups in total.